The van der Waals surface area contributed by atoms with Gasteiger partial charge >= 0.3 is 0 Å². The van der Waals surface area contributed by atoms with E-state index in [1.54, 1.807) is 0 Å². The third-order valence-electron chi connectivity index (χ3n) is 3.01. The molecule has 2 nitrogen and oxygen atoms in total. The minimum absolute atomic E-state index is 0.158. The van der Waals surface area contributed by atoms with E-state index in [2.05, 4.69) is 15.9 Å². The Morgan fingerprint density at radius 3 is 2.30 bits per heavy atom. The van der Waals surface area contributed by atoms with E-state index in [-0.39, 0.29) is 6.10 Å². The highest BCUT2D eigenvalue weighted by molar-refractivity contribution is 9.10. The fourth-order valence-corrected chi connectivity index (χ4v) is 2.48. The van der Waals surface area contributed by atoms with E-state index >= 15 is 0 Å². The smallest absolute Gasteiger partial charge is 0.119 e. The van der Waals surface area contributed by atoms with Crippen molar-refractivity contribution in [1.29, 1.82) is 0 Å². The van der Waals surface area contributed by atoms with Gasteiger partial charge in [-0.2, -0.15) is 0 Å². The summed E-state index contributed by atoms with van der Waals surface area (Å²) < 4.78 is 6.62. The van der Waals surface area contributed by atoms with Crippen LogP contribution in [0.5, 0.6) is 5.75 Å². The Morgan fingerprint density at radius 2 is 1.70 bits per heavy atom. The first-order valence-electron chi connectivity index (χ1n) is 6.74. The highest BCUT2D eigenvalue weighted by Crippen LogP contribution is 2.25. The van der Waals surface area contributed by atoms with Gasteiger partial charge < -0.3 is 9.84 Å². The van der Waals surface area contributed by atoms with E-state index < -0.39 is 6.10 Å². The second kappa shape index (κ2) is 6.91. The molecule has 0 saturated heterocycles. The molecule has 0 heterocycles. The third kappa shape index (κ3) is 4.09. The lowest BCUT2D eigenvalue weighted by molar-refractivity contribution is 0.178. The molecule has 20 heavy (non-hydrogen) atoms. The number of rotatable bonds is 5. The lowest BCUT2D eigenvalue weighted by Gasteiger charge is -2.14. The van der Waals surface area contributed by atoms with Crippen LogP contribution in [-0.2, 0) is 6.42 Å². The summed E-state index contributed by atoms with van der Waals surface area (Å²) >= 11 is 3.50. The van der Waals surface area contributed by atoms with Gasteiger partial charge in [-0.3, -0.25) is 0 Å². The molecule has 0 spiro atoms. The molecule has 0 aliphatic heterocycles. The van der Waals surface area contributed by atoms with Gasteiger partial charge in [0.25, 0.3) is 0 Å². The van der Waals surface area contributed by atoms with Crippen molar-refractivity contribution in [2.45, 2.75) is 32.5 Å². The second-order valence-corrected chi connectivity index (χ2v) is 5.90. The van der Waals surface area contributed by atoms with Crippen molar-refractivity contribution < 1.29 is 9.84 Å². The van der Waals surface area contributed by atoms with E-state index in [1.807, 2.05) is 62.4 Å². The van der Waals surface area contributed by atoms with Crippen LogP contribution in [-0.4, -0.2) is 11.2 Å². The molecule has 0 amide bonds. The molecule has 2 rings (SSSR count). The Labute approximate surface area is 128 Å². The molecule has 2 aromatic carbocycles. The van der Waals surface area contributed by atoms with Crippen LogP contribution in [0.4, 0.5) is 0 Å². The predicted octanol–water partition coefficient (Wildman–Crippen LogP) is 4.51. The molecule has 1 atom stereocenters. The van der Waals surface area contributed by atoms with E-state index in [0.717, 1.165) is 21.3 Å². The van der Waals surface area contributed by atoms with Crippen molar-refractivity contribution in [3.8, 4) is 5.75 Å². The van der Waals surface area contributed by atoms with Crippen LogP contribution < -0.4 is 4.74 Å². The largest absolute Gasteiger partial charge is 0.491 e. The lowest BCUT2D eigenvalue weighted by atomic mass is 10.0. The zero-order chi connectivity index (χ0) is 14.5. The molecule has 0 aromatic heterocycles. The standard InChI is InChI=1S/C17H19BrO2/c1-12(2)20-15-9-7-13(8-10-15)17(19)11-14-5-3-4-6-16(14)18/h3-10,12,17,19H,11H2,1-2H3. The van der Waals surface area contributed by atoms with E-state index in [1.165, 1.54) is 0 Å². The summed E-state index contributed by atoms with van der Waals surface area (Å²) in [4.78, 5) is 0. The van der Waals surface area contributed by atoms with E-state index in [9.17, 15) is 5.11 Å². The molecule has 2 aromatic rings. The molecule has 1 unspecified atom stereocenters. The molecule has 0 saturated carbocycles. The lowest BCUT2D eigenvalue weighted by Crippen LogP contribution is -2.06. The molecule has 0 fully saturated rings. The highest BCUT2D eigenvalue weighted by Gasteiger charge is 2.10. The molecule has 0 aliphatic carbocycles. The Morgan fingerprint density at radius 1 is 1.05 bits per heavy atom. The first-order valence-corrected chi connectivity index (χ1v) is 7.53. The fourth-order valence-electron chi connectivity index (χ4n) is 2.03. The molecule has 0 aliphatic rings. The quantitative estimate of drug-likeness (QED) is 0.871. The van der Waals surface area contributed by atoms with E-state index in [4.69, 9.17) is 4.74 Å². The van der Waals surface area contributed by atoms with Gasteiger partial charge in [-0.05, 0) is 43.2 Å². The van der Waals surface area contributed by atoms with Crippen molar-refractivity contribution in [3.63, 3.8) is 0 Å². The summed E-state index contributed by atoms with van der Waals surface area (Å²) in [6.07, 6.45) is 0.235. The first kappa shape index (κ1) is 15.1. The Kier molecular flexibility index (Phi) is 5.21. The highest BCUT2D eigenvalue weighted by atomic mass is 79.9. The Bertz CT molecular complexity index is 549. The van der Waals surface area contributed by atoms with Crippen LogP contribution in [0, 0.1) is 0 Å². The molecule has 0 radical (unpaired) electrons. The molecular weight excluding hydrogens is 316 g/mol. The van der Waals surface area contributed by atoms with Gasteiger partial charge in [0.2, 0.25) is 0 Å². The number of ether oxygens (including phenoxy) is 1. The van der Waals surface area contributed by atoms with Crippen LogP contribution in [0.25, 0.3) is 0 Å². The topological polar surface area (TPSA) is 29.5 Å². The number of aliphatic hydroxyl groups is 1. The number of aliphatic hydroxyl groups excluding tert-OH is 1. The van der Waals surface area contributed by atoms with Crippen molar-refractivity contribution in [2.75, 3.05) is 0 Å². The van der Waals surface area contributed by atoms with Gasteiger partial charge in [-0.1, -0.05) is 46.3 Å². The number of halogens is 1. The third-order valence-corrected chi connectivity index (χ3v) is 3.78. The van der Waals surface area contributed by atoms with Crippen LogP contribution in [0.3, 0.4) is 0 Å². The molecular formula is C17H19BrO2. The van der Waals surface area contributed by atoms with Gasteiger partial charge in [-0.15, -0.1) is 0 Å². The minimum Gasteiger partial charge on any atom is -0.491 e. The maximum absolute atomic E-state index is 10.3. The normalized spacial score (nSPS) is 12.4. The molecule has 106 valence electrons. The molecule has 1 N–H and O–H groups in total. The van der Waals surface area contributed by atoms with Gasteiger partial charge in [0, 0.05) is 10.9 Å². The van der Waals surface area contributed by atoms with Gasteiger partial charge in [0.05, 0.1) is 12.2 Å². The SMILES string of the molecule is CC(C)Oc1ccc(C(O)Cc2ccccc2Br)cc1. The van der Waals surface area contributed by atoms with Gasteiger partial charge in [-0.25, -0.2) is 0 Å². The summed E-state index contributed by atoms with van der Waals surface area (Å²) in [5, 5.41) is 10.3. The number of benzene rings is 2. The average molecular weight is 335 g/mol. The molecule has 3 heteroatoms. The van der Waals surface area contributed by atoms with Crippen LogP contribution in [0.1, 0.15) is 31.1 Å². The van der Waals surface area contributed by atoms with Crippen molar-refractivity contribution >= 4 is 15.9 Å². The Balaban J connectivity index is 2.06. The summed E-state index contributed by atoms with van der Waals surface area (Å²) in [7, 11) is 0. The summed E-state index contributed by atoms with van der Waals surface area (Å²) in [6.45, 7) is 3.99. The van der Waals surface area contributed by atoms with Gasteiger partial charge in [0.15, 0.2) is 0 Å². The minimum atomic E-state index is -0.512. The molecule has 0 bridgehead atoms. The van der Waals surface area contributed by atoms with Crippen molar-refractivity contribution in [3.05, 3.63) is 64.1 Å². The fraction of sp³-hybridized carbons (Fsp3) is 0.294. The maximum atomic E-state index is 10.3. The van der Waals surface area contributed by atoms with Crippen LogP contribution in [0.15, 0.2) is 53.0 Å². The van der Waals surface area contributed by atoms with Crippen molar-refractivity contribution in [1.82, 2.24) is 0 Å². The van der Waals surface area contributed by atoms with Crippen LogP contribution in [0.2, 0.25) is 0 Å². The summed E-state index contributed by atoms with van der Waals surface area (Å²) in [6, 6.07) is 15.6. The number of hydrogen-bond donors (Lipinski definition) is 1. The average Bonchev–Trinajstić information content (AvgIpc) is 2.41. The maximum Gasteiger partial charge on any atom is 0.119 e. The second-order valence-electron chi connectivity index (χ2n) is 5.05. The summed E-state index contributed by atoms with van der Waals surface area (Å²) in [5.41, 5.74) is 2.00. The Hall–Kier alpha value is -1.32. The zero-order valence-corrected chi connectivity index (χ0v) is 13.3. The van der Waals surface area contributed by atoms with Crippen LogP contribution >= 0.6 is 15.9 Å². The van der Waals surface area contributed by atoms with Crippen molar-refractivity contribution in [2.24, 2.45) is 0 Å². The number of hydrogen-bond acceptors (Lipinski definition) is 2. The van der Waals surface area contributed by atoms with Gasteiger partial charge in [0.1, 0.15) is 5.75 Å². The summed E-state index contributed by atoms with van der Waals surface area (Å²) in [5.74, 6) is 0.830. The first-order chi connectivity index (χ1) is 9.56. The monoisotopic (exact) mass is 334 g/mol. The van der Waals surface area contributed by atoms with E-state index in [0.29, 0.717) is 6.42 Å². The predicted molar refractivity (Wildman–Crippen MR) is 85.0 cm³/mol. The zero-order valence-electron chi connectivity index (χ0n) is 11.7.